The van der Waals surface area contributed by atoms with Crippen LogP contribution in [0.5, 0.6) is 0 Å². The van der Waals surface area contributed by atoms with Crippen LogP contribution < -0.4 is 0 Å². The molecule has 3 nitrogen and oxygen atoms in total. The first-order valence-corrected chi connectivity index (χ1v) is 8.76. The van der Waals surface area contributed by atoms with Crippen molar-refractivity contribution in [3.63, 3.8) is 0 Å². The van der Waals surface area contributed by atoms with Gasteiger partial charge in [0.05, 0.1) is 0 Å². The fraction of sp³-hybridized carbons (Fsp3) is 0.333. The summed E-state index contributed by atoms with van der Waals surface area (Å²) in [5.41, 5.74) is 3.47. The Kier molecular flexibility index (Phi) is 4.16. The molecule has 2 aliphatic carbocycles. The molecule has 0 aliphatic heterocycles. The van der Waals surface area contributed by atoms with E-state index in [4.69, 9.17) is 0 Å². The largest absolute Gasteiger partial charge is 0.335 e. The summed E-state index contributed by atoms with van der Waals surface area (Å²) in [6.07, 6.45) is 12.0. The topological polar surface area (TPSA) is 33.2 Å². The first-order chi connectivity index (χ1) is 11.8. The van der Waals surface area contributed by atoms with Crippen LogP contribution in [0.1, 0.15) is 31.2 Å². The Morgan fingerprint density at radius 2 is 1.88 bits per heavy atom. The molecule has 1 amide bonds. The number of allylic oxidation sites excluding steroid dienone is 2. The van der Waals surface area contributed by atoms with Crippen molar-refractivity contribution in [2.75, 3.05) is 0 Å². The average molecular weight is 318 g/mol. The van der Waals surface area contributed by atoms with Gasteiger partial charge in [-0.3, -0.25) is 9.78 Å². The second-order valence-electron chi connectivity index (χ2n) is 6.78. The van der Waals surface area contributed by atoms with E-state index in [1.807, 2.05) is 12.3 Å². The molecule has 0 saturated heterocycles. The molecule has 1 saturated carbocycles. The third-order valence-electron chi connectivity index (χ3n) is 4.90. The highest BCUT2D eigenvalue weighted by molar-refractivity contribution is 5.80. The van der Waals surface area contributed by atoms with Crippen molar-refractivity contribution in [1.29, 1.82) is 0 Å². The van der Waals surface area contributed by atoms with Crippen LogP contribution in [-0.4, -0.2) is 21.8 Å². The maximum absolute atomic E-state index is 12.9. The zero-order valence-electron chi connectivity index (χ0n) is 13.8. The lowest BCUT2D eigenvalue weighted by atomic mass is 10.0. The number of rotatable bonds is 5. The molecule has 1 heterocycles. The van der Waals surface area contributed by atoms with Crippen molar-refractivity contribution >= 4 is 5.91 Å². The summed E-state index contributed by atoms with van der Waals surface area (Å²) in [6.45, 7) is 0.716. The van der Waals surface area contributed by atoms with Crippen LogP contribution in [0.15, 0.2) is 60.9 Å². The first kappa shape index (κ1) is 15.1. The van der Waals surface area contributed by atoms with Crippen molar-refractivity contribution in [3.8, 4) is 11.1 Å². The Morgan fingerprint density at radius 1 is 1.08 bits per heavy atom. The Morgan fingerprint density at radius 3 is 2.58 bits per heavy atom. The first-order valence-electron chi connectivity index (χ1n) is 8.76. The van der Waals surface area contributed by atoms with Crippen LogP contribution in [0.3, 0.4) is 0 Å². The Bertz CT molecular complexity index is 741. The predicted molar refractivity (Wildman–Crippen MR) is 95.1 cm³/mol. The van der Waals surface area contributed by atoms with Crippen molar-refractivity contribution in [2.45, 2.75) is 38.3 Å². The van der Waals surface area contributed by atoms with E-state index in [0.717, 1.165) is 36.8 Å². The van der Waals surface area contributed by atoms with Gasteiger partial charge in [0.2, 0.25) is 5.91 Å². The molecule has 0 atom stereocenters. The molecule has 2 aromatic rings. The summed E-state index contributed by atoms with van der Waals surface area (Å²) < 4.78 is 0. The van der Waals surface area contributed by atoms with E-state index in [-0.39, 0.29) is 5.92 Å². The number of hydrogen-bond acceptors (Lipinski definition) is 2. The highest BCUT2D eigenvalue weighted by Gasteiger charge is 2.35. The van der Waals surface area contributed by atoms with Crippen LogP contribution in [0.4, 0.5) is 0 Å². The number of nitrogens with zero attached hydrogens (tertiary/aromatic N) is 2. The normalized spacial score (nSPS) is 17.2. The second-order valence-corrected chi connectivity index (χ2v) is 6.78. The lowest BCUT2D eigenvalue weighted by Crippen LogP contribution is -2.36. The van der Waals surface area contributed by atoms with Gasteiger partial charge in [-0.1, -0.05) is 36.4 Å². The Labute approximate surface area is 143 Å². The van der Waals surface area contributed by atoms with Gasteiger partial charge in [-0.15, -0.1) is 0 Å². The zero-order chi connectivity index (χ0) is 16.4. The summed E-state index contributed by atoms with van der Waals surface area (Å²) in [5, 5.41) is 0. The summed E-state index contributed by atoms with van der Waals surface area (Å²) in [4.78, 5) is 19.2. The smallest absolute Gasteiger partial charge is 0.226 e. The summed E-state index contributed by atoms with van der Waals surface area (Å²) in [6, 6.07) is 13.0. The minimum atomic E-state index is 0.159. The second kappa shape index (κ2) is 6.60. The lowest BCUT2D eigenvalue weighted by molar-refractivity contribution is -0.136. The van der Waals surface area contributed by atoms with E-state index >= 15 is 0 Å². The highest BCUT2D eigenvalue weighted by Crippen LogP contribution is 2.32. The van der Waals surface area contributed by atoms with Gasteiger partial charge in [0.1, 0.15) is 0 Å². The average Bonchev–Trinajstić information content (AvgIpc) is 3.33. The molecule has 4 rings (SSSR count). The molecule has 0 unspecified atom stereocenters. The Hall–Kier alpha value is -2.42. The standard InChI is InChI=1S/C21H22N2O/c24-21(17-6-1-2-7-17)23(20-10-11-20)15-16-5-3-8-18(13-16)19-9-4-12-22-14-19/h1-5,8-9,12-14,17,20H,6-7,10-11,15H2. The number of carbonyl (C=O) groups is 1. The fourth-order valence-electron chi connectivity index (χ4n) is 3.41. The molecule has 1 aromatic heterocycles. The van der Waals surface area contributed by atoms with E-state index in [2.05, 4.69) is 52.4 Å². The molecule has 122 valence electrons. The molecule has 3 heteroatoms. The van der Waals surface area contributed by atoms with E-state index in [1.54, 1.807) is 6.20 Å². The molecule has 0 radical (unpaired) electrons. The minimum absolute atomic E-state index is 0.159. The number of hydrogen-bond donors (Lipinski definition) is 0. The molecule has 24 heavy (non-hydrogen) atoms. The van der Waals surface area contributed by atoms with Gasteiger partial charge in [0.15, 0.2) is 0 Å². The van der Waals surface area contributed by atoms with Gasteiger partial charge in [-0.2, -0.15) is 0 Å². The highest BCUT2D eigenvalue weighted by atomic mass is 16.2. The van der Waals surface area contributed by atoms with Gasteiger partial charge in [0.25, 0.3) is 0 Å². The maximum Gasteiger partial charge on any atom is 0.226 e. The van der Waals surface area contributed by atoms with Gasteiger partial charge in [-0.25, -0.2) is 0 Å². The predicted octanol–water partition coefficient (Wildman–Crippen LogP) is 4.21. The van der Waals surface area contributed by atoms with Gasteiger partial charge < -0.3 is 4.90 Å². The molecule has 0 N–H and O–H groups in total. The van der Waals surface area contributed by atoms with E-state index in [1.165, 1.54) is 5.56 Å². The van der Waals surface area contributed by atoms with Gasteiger partial charge >= 0.3 is 0 Å². The molecule has 0 spiro atoms. The zero-order valence-corrected chi connectivity index (χ0v) is 13.8. The van der Waals surface area contributed by atoms with Crippen LogP contribution in [0.2, 0.25) is 0 Å². The molecule has 1 aromatic carbocycles. The molecule has 0 bridgehead atoms. The molecule has 1 fully saturated rings. The maximum atomic E-state index is 12.9. The number of carbonyl (C=O) groups excluding carboxylic acids is 1. The number of pyridine rings is 1. The summed E-state index contributed by atoms with van der Waals surface area (Å²) in [5.74, 6) is 0.487. The fourth-order valence-corrected chi connectivity index (χ4v) is 3.41. The van der Waals surface area contributed by atoms with Crippen molar-refractivity contribution in [2.24, 2.45) is 5.92 Å². The van der Waals surface area contributed by atoms with E-state index < -0.39 is 0 Å². The summed E-state index contributed by atoms with van der Waals surface area (Å²) >= 11 is 0. The lowest BCUT2D eigenvalue weighted by Gasteiger charge is -2.26. The van der Waals surface area contributed by atoms with Crippen molar-refractivity contribution in [1.82, 2.24) is 9.88 Å². The van der Waals surface area contributed by atoms with Gasteiger partial charge in [0, 0.05) is 30.9 Å². The molecular weight excluding hydrogens is 296 g/mol. The van der Waals surface area contributed by atoms with Crippen LogP contribution in [-0.2, 0) is 11.3 Å². The van der Waals surface area contributed by atoms with Crippen LogP contribution in [0.25, 0.3) is 11.1 Å². The van der Waals surface area contributed by atoms with Crippen LogP contribution in [0, 0.1) is 5.92 Å². The SMILES string of the molecule is O=C(C1CC=CC1)N(Cc1cccc(-c2cccnc2)c1)C1CC1. The number of aromatic nitrogens is 1. The number of amides is 1. The molecular formula is C21H22N2O. The van der Waals surface area contributed by atoms with E-state index in [0.29, 0.717) is 18.5 Å². The van der Waals surface area contributed by atoms with Crippen molar-refractivity contribution in [3.05, 3.63) is 66.5 Å². The molecule has 2 aliphatic rings. The van der Waals surface area contributed by atoms with E-state index in [9.17, 15) is 4.79 Å². The monoisotopic (exact) mass is 318 g/mol. The Balaban J connectivity index is 1.53. The third kappa shape index (κ3) is 3.25. The quantitative estimate of drug-likeness (QED) is 0.774. The third-order valence-corrected chi connectivity index (χ3v) is 4.90. The van der Waals surface area contributed by atoms with Crippen LogP contribution >= 0.6 is 0 Å². The summed E-state index contributed by atoms with van der Waals surface area (Å²) in [7, 11) is 0. The van der Waals surface area contributed by atoms with Crippen molar-refractivity contribution < 1.29 is 4.79 Å². The minimum Gasteiger partial charge on any atom is -0.335 e. The van der Waals surface area contributed by atoms with Gasteiger partial charge in [-0.05, 0) is 54.5 Å². The number of benzene rings is 1.